The highest BCUT2D eigenvalue weighted by Crippen LogP contribution is 2.27. The lowest BCUT2D eigenvalue weighted by molar-refractivity contribution is 0.122. The van der Waals surface area contributed by atoms with Gasteiger partial charge >= 0.3 is 0 Å². The Morgan fingerprint density at radius 2 is 1.88 bits per heavy atom. The molecule has 3 aromatic heterocycles. The number of morpholine rings is 1. The van der Waals surface area contributed by atoms with Crippen LogP contribution in [0.15, 0.2) is 49.1 Å². The van der Waals surface area contributed by atoms with Crippen molar-refractivity contribution in [2.45, 2.75) is 6.92 Å². The van der Waals surface area contributed by atoms with Crippen molar-refractivity contribution in [3.8, 4) is 11.3 Å². The smallest absolute Gasteiger partial charge is 0.180 e. The van der Waals surface area contributed by atoms with Gasteiger partial charge in [0.15, 0.2) is 11.5 Å². The number of aromatic nitrogens is 4. The Kier molecular flexibility index (Phi) is 3.57. The molecule has 26 heavy (non-hydrogen) atoms. The molecule has 1 aromatic carbocycles. The number of imidazole rings is 1. The first-order valence-electron chi connectivity index (χ1n) is 8.81. The number of anilines is 1. The molecule has 1 aliphatic heterocycles. The van der Waals surface area contributed by atoms with E-state index >= 15 is 0 Å². The highest BCUT2D eigenvalue weighted by molar-refractivity contribution is 5.84. The lowest BCUT2D eigenvalue weighted by Gasteiger charge is -2.27. The molecule has 6 heteroatoms. The Bertz CT molecular complexity index is 1100. The zero-order valence-corrected chi connectivity index (χ0v) is 14.6. The largest absolute Gasteiger partial charge is 0.378 e. The predicted molar refractivity (Wildman–Crippen MR) is 101 cm³/mol. The van der Waals surface area contributed by atoms with Gasteiger partial charge in [0.25, 0.3) is 0 Å². The second kappa shape index (κ2) is 6.07. The summed E-state index contributed by atoms with van der Waals surface area (Å²) in [7, 11) is 0. The van der Waals surface area contributed by atoms with Crippen molar-refractivity contribution in [2.75, 3.05) is 31.2 Å². The summed E-state index contributed by atoms with van der Waals surface area (Å²) in [6.45, 7) is 5.23. The third-order valence-electron chi connectivity index (χ3n) is 4.85. The van der Waals surface area contributed by atoms with Crippen LogP contribution in [0.25, 0.3) is 27.8 Å². The summed E-state index contributed by atoms with van der Waals surface area (Å²) in [4.78, 5) is 16.1. The summed E-state index contributed by atoms with van der Waals surface area (Å²) >= 11 is 0. The van der Waals surface area contributed by atoms with Crippen molar-refractivity contribution in [3.63, 3.8) is 0 Å². The van der Waals surface area contributed by atoms with E-state index in [0.29, 0.717) is 0 Å². The number of ether oxygens (including phenoxy) is 1. The topological polar surface area (TPSA) is 55.5 Å². The summed E-state index contributed by atoms with van der Waals surface area (Å²) in [6, 6.07) is 8.48. The molecule has 4 aromatic rings. The van der Waals surface area contributed by atoms with E-state index in [1.165, 1.54) is 5.56 Å². The zero-order chi connectivity index (χ0) is 17.5. The van der Waals surface area contributed by atoms with Gasteiger partial charge in [-0.25, -0.2) is 9.97 Å². The summed E-state index contributed by atoms with van der Waals surface area (Å²) in [5.41, 5.74) is 5.17. The van der Waals surface area contributed by atoms with Gasteiger partial charge < -0.3 is 9.64 Å². The van der Waals surface area contributed by atoms with Gasteiger partial charge in [-0.3, -0.25) is 9.38 Å². The molecule has 0 amide bonds. The van der Waals surface area contributed by atoms with E-state index in [-0.39, 0.29) is 0 Å². The molecule has 1 fully saturated rings. The average Bonchev–Trinajstić information content (AvgIpc) is 3.12. The molecule has 1 saturated heterocycles. The summed E-state index contributed by atoms with van der Waals surface area (Å²) in [6.07, 6.45) is 7.61. The van der Waals surface area contributed by atoms with Gasteiger partial charge in [-0.1, -0.05) is 11.6 Å². The Hall–Kier alpha value is -2.99. The molecule has 0 unspecified atom stereocenters. The van der Waals surface area contributed by atoms with E-state index in [2.05, 4.69) is 55.4 Å². The first-order chi connectivity index (χ1) is 12.8. The van der Waals surface area contributed by atoms with Crippen molar-refractivity contribution in [1.29, 1.82) is 0 Å². The van der Waals surface area contributed by atoms with E-state index in [9.17, 15) is 0 Å². The maximum Gasteiger partial charge on any atom is 0.180 e. The Morgan fingerprint density at radius 1 is 1.00 bits per heavy atom. The van der Waals surface area contributed by atoms with E-state index < -0.39 is 0 Å². The fraction of sp³-hybridized carbons (Fsp3) is 0.250. The first-order valence-corrected chi connectivity index (χ1v) is 8.81. The van der Waals surface area contributed by atoms with E-state index in [0.717, 1.165) is 59.9 Å². The first kappa shape index (κ1) is 15.3. The van der Waals surface area contributed by atoms with Crippen LogP contribution in [0, 0.1) is 6.92 Å². The molecule has 0 aliphatic carbocycles. The van der Waals surface area contributed by atoms with Gasteiger partial charge in [0.05, 0.1) is 30.6 Å². The fourth-order valence-corrected chi connectivity index (χ4v) is 3.51. The van der Waals surface area contributed by atoms with E-state index in [1.807, 2.05) is 24.8 Å². The molecule has 6 nitrogen and oxygen atoms in total. The van der Waals surface area contributed by atoms with Crippen LogP contribution in [0.3, 0.4) is 0 Å². The van der Waals surface area contributed by atoms with Crippen molar-refractivity contribution < 1.29 is 4.74 Å². The van der Waals surface area contributed by atoms with Crippen LogP contribution < -0.4 is 4.90 Å². The molecule has 0 spiro atoms. The van der Waals surface area contributed by atoms with Crippen molar-refractivity contribution >= 4 is 22.4 Å². The minimum Gasteiger partial charge on any atom is -0.378 e. The Labute approximate surface area is 151 Å². The second-order valence-electron chi connectivity index (χ2n) is 6.61. The number of benzene rings is 1. The van der Waals surface area contributed by atoms with Gasteiger partial charge in [-0.15, -0.1) is 0 Å². The van der Waals surface area contributed by atoms with Crippen LogP contribution in [0.1, 0.15) is 5.56 Å². The van der Waals surface area contributed by atoms with E-state index in [4.69, 9.17) is 4.74 Å². The van der Waals surface area contributed by atoms with Crippen LogP contribution in [0.2, 0.25) is 0 Å². The van der Waals surface area contributed by atoms with Gasteiger partial charge in [0.1, 0.15) is 0 Å². The Morgan fingerprint density at radius 3 is 2.77 bits per heavy atom. The number of aryl methyl sites for hydroxylation is 1. The van der Waals surface area contributed by atoms with Crippen molar-refractivity contribution in [2.24, 2.45) is 0 Å². The van der Waals surface area contributed by atoms with Crippen molar-refractivity contribution in [3.05, 3.63) is 54.6 Å². The normalized spacial score (nSPS) is 15.0. The molecule has 0 N–H and O–H groups in total. The number of pyridine rings is 1. The second-order valence-corrected chi connectivity index (χ2v) is 6.61. The molecular weight excluding hydrogens is 326 g/mol. The van der Waals surface area contributed by atoms with Crippen LogP contribution >= 0.6 is 0 Å². The fourth-order valence-electron chi connectivity index (χ4n) is 3.51. The molecule has 130 valence electrons. The average molecular weight is 345 g/mol. The van der Waals surface area contributed by atoms with Gasteiger partial charge in [-0.2, -0.15) is 0 Å². The number of hydrogen-bond acceptors (Lipinski definition) is 5. The molecule has 5 rings (SSSR count). The molecule has 1 aliphatic rings. The van der Waals surface area contributed by atoms with Crippen LogP contribution in [0.4, 0.5) is 5.82 Å². The van der Waals surface area contributed by atoms with Crippen LogP contribution in [-0.2, 0) is 4.74 Å². The minimum atomic E-state index is 0.726. The standard InChI is InChI=1S/C20H19N5O/c1-14-2-3-17-15(10-14)11-16(12-22-17)18-13-23-20-19(21-4-5-25(18)20)24-6-8-26-9-7-24/h2-5,10-13H,6-9H2,1H3. The number of fused-ring (bicyclic) bond motifs is 2. The number of hydrogen-bond donors (Lipinski definition) is 0. The predicted octanol–water partition coefficient (Wildman–Crippen LogP) is 3.09. The molecule has 0 saturated carbocycles. The summed E-state index contributed by atoms with van der Waals surface area (Å²) in [5, 5.41) is 1.14. The van der Waals surface area contributed by atoms with Crippen molar-refractivity contribution in [1.82, 2.24) is 19.4 Å². The maximum absolute atomic E-state index is 5.45. The Balaban J connectivity index is 1.63. The number of rotatable bonds is 2. The third kappa shape index (κ3) is 2.50. The molecule has 4 heterocycles. The number of nitrogens with zero attached hydrogens (tertiary/aromatic N) is 5. The maximum atomic E-state index is 5.45. The molecule has 0 atom stereocenters. The van der Waals surface area contributed by atoms with Gasteiger partial charge in [0, 0.05) is 42.6 Å². The lowest BCUT2D eigenvalue weighted by atomic mass is 10.1. The monoisotopic (exact) mass is 345 g/mol. The van der Waals surface area contributed by atoms with Gasteiger partial charge in [0.2, 0.25) is 0 Å². The highest BCUT2D eigenvalue weighted by Gasteiger charge is 2.18. The summed E-state index contributed by atoms with van der Waals surface area (Å²) < 4.78 is 7.55. The zero-order valence-electron chi connectivity index (χ0n) is 14.6. The van der Waals surface area contributed by atoms with E-state index in [1.54, 1.807) is 0 Å². The quantitative estimate of drug-likeness (QED) is 0.559. The third-order valence-corrected chi connectivity index (χ3v) is 4.85. The summed E-state index contributed by atoms with van der Waals surface area (Å²) in [5.74, 6) is 0.909. The van der Waals surface area contributed by atoms with Crippen LogP contribution in [0.5, 0.6) is 0 Å². The van der Waals surface area contributed by atoms with Gasteiger partial charge in [-0.05, 0) is 25.1 Å². The molecular formula is C20H19N5O. The lowest BCUT2D eigenvalue weighted by Crippen LogP contribution is -2.37. The molecule has 0 radical (unpaired) electrons. The minimum absolute atomic E-state index is 0.726. The molecule has 0 bridgehead atoms. The highest BCUT2D eigenvalue weighted by atomic mass is 16.5. The SMILES string of the molecule is Cc1ccc2ncc(-c3cnc4c(N5CCOCC5)nccn34)cc2c1. The van der Waals surface area contributed by atoms with Crippen LogP contribution in [-0.4, -0.2) is 45.7 Å².